The highest BCUT2D eigenvalue weighted by Crippen LogP contribution is 2.22. The molecular weight excluding hydrogens is 200 g/mol. The predicted molar refractivity (Wildman–Crippen MR) is 60.8 cm³/mol. The molecule has 3 nitrogen and oxygen atoms in total. The maximum Gasteiger partial charge on any atom is 0.0588 e. The van der Waals surface area contributed by atoms with Crippen LogP contribution in [0.1, 0.15) is 6.42 Å². The van der Waals surface area contributed by atoms with Crippen molar-refractivity contribution >= 4 is 23.0 Å². The molecule has 0 saturated heterocycles. The minimum absolute atomic E-state index is 0.688. The van der Waals surface area contributed by atoms with Crippen LogP contribution >= 0.6 is 11.6 Å². The highest BCUT2D eigenvalue weighted by molar-refractivity contribution is 6.31. The largest absolute Gasteiger partial charge is 0.397 e. The fourth-order valence-electron chi connectivity index (χ4n) is 1.12. The highest BCUT2D eigenvalue weighted by atomic mass is 35.5. The molecule has 0 spiro atoms. The van der Waals surface area contributed by atoms with Crippen molar-refractivity contribution < 1.29 is 4.74 Å². The number of nitrogen functional groups attached to an aromatic ring is 1. The lowest BCUT2D eigenvalue weighted by Crippen LogP contribution is -2.06. The highest BCUT2D eigenvalue weighted by Gasteiger charge is 1.98. The number of halogens is 1. The van der Waals surface area contributed by atoms with Crippen molar-refractivity contribution in [1.82, 2.24) is 0 Å². The Kier molecular flexibility index (Phi) is 4.56. The van der Waals surface area contributed by atoms with Crippen molar-refractivity contribution in [2.24, 2.45) is 0 Å². The molecule has 0 unspecified atom stereocenters. The second-order valence-corrected chi connectivity index (χ2v) is 3.44. The lowest BCUT2D eigenvalue weighted by atomic mass is 10.2. The van der Waals surface area contributed by atoms with Gasteiger partial charge in [0.25, 0.3) is 0 Å². The lowest BCUT2D eigenvalue weighted by Gasteiger charge is -2.09. The number of nitrogens with one attached hydrogen (secondary N) is 1. The maximum atomic E-state index is 5.84. The smallest absolute Gasteiger partial charge is 0.0588 e. The minimum atomic E-state index is 0.688. The van der Waals surface area contributed by atoms with Crippen LogP contribution in [0, 0.1) is 0 Å². The number of methoxy groups -OCH3 is 1. The molecule has 0 aliphatic carbocycles. The zero-order valence-electron chi connectivity index (χ0n) is 8.22. The molecule has 0 fully saturated rings. The minimum Gasteiger partial charge on any atom is -0.397 e. The monoisotopic (exact) mass is 214 g/mol. The first-order chi connectivity index (χ1) is 6.74. The van der Waals surface area contributed by atoms with E-state index in [1.807, 2.05) is 6.07 Å². The van der Waals surface area contributed by atoms with Gasteiger partial charge in [0.1, 0.15) is 0 Å². The van der Waals surface area contributed by atoms with Gasteiger partial charge in [-0.2, -0.15) is 0 Å². The van der Waals surface area contributed by atoms with E-state index in [9.17, 15) is 0 Å². The van der Waals surface area contributed by atoms with Crippen LogP contribution in [0.15, 0.2) is 18.2 Å². The van der Waals surface area contributed by atoms with Crippen molar-refractivity contribution in [3.63, 3.8) is 0 Å². The van der Waals surface area contributed by atoms with Gasteiger partial charge in [0.05, 0.1) is 11.4 Å². The molecule has 14 heavy (non-hydrogen) atoms. The fourth-order valence-corrected chi connectivity index (χ4v) is 1.29. The number of hydrogen-bond donors (Lipinski definition) is 2. The summed E-state index contributed by atoms with van der Waals surface area (Å²) in [4.78, 5) is 0. The number of hydrogen-bond acceptors (Lipinski definition) is 3. The molecule has 0 atom stereocenters. The van der Waals surface area contributed by atoms with Crippen LogP contribution in [0.25, 0.3) is 0 Å². The van der Waals surface area contributed by atoms with Gasteiger partial charge in [0, 0.05) is 25.3 Å². The van der Waals surface area contributed by atoms with Crippen LogP contribution in [0.3, 0.4) is 0 Å². The average molecular weight is 215 g/mol. The third kappa shape index (κ3) is 3.44. The molecule has 1 rings (SSSR count). The summed E-state index contributed by atoms with van der Waals surface area (Å²) in [7, 11) is 1.69. The van der Waals surface area contributed by atoms with Gasteiger partial charge in [-0.3, -0.25) is 0 Å². The van der Waals surface area contributed by atoms with Crippen LogP contribution in [-0.2, 0) is 4.74 Å². The van der Waals surface area contributed by atoms with Crippen LogP contribution in [0.5, 0.6) is 0 Å². The molecule has 1 aromatic rings. The number of anilines is 2. The summed E-state index contributed by atoms with van der Waals surface area (Å²) in [6, 6.07) is 5.39. The Labute approximate surface area is 89.2 Å². The van der Waals surface area contributed by atoms with E-state index in [0.29, 0.717) is 10.7 Å². The average Bonchev–Trinajstić information content (AvgIpc) is 2.18. The van der Waals surface area contributed by atoms with Crippen molar-refractivity contribution in [2.45, 2.75) is 6.42 Å². The third-order valence-corrected chi connectivity index (χ3v) is 2.09. The van der Waals surface area contributed by atoms with Gasteiger partial charge >= 0.3 is 0 Å². The first kappa shape index (κ1) is 11.1. The van der Waals surface area contributed by atoms with Crippen LogP contribution in [-0.4, -0.2) is 20.3 Å². The molecule has 0 bridgehead atoms. The van der Waals surface area contributed by atoms with Gasteiger partial charge in [-0.1, -0.05) is 11.6 Å². The van der Waals surface area contributed by atoms with Gasteiger partial charge in [-0.25, -0.2) is 0 Å². The maximum absolute atomic E-state index is 5.84. The summed E-state index contributed by atoms with van der Waals surface area (Å²) in [6.07, 6.45) is 0.947. The summed E-state index contributed by atoms with van der Waals surface area (Å²) in [5.74, 6) is 0. The predicted octanol–water partition coefficient (Wildman–Crippen LogP) is 2.37. The van der Waals surface area contributed by atoms with Crippen molar-refractivity contribution in [2.75, 3.05) is 31.3 Å². The molecule has 0 amide bonds. The van der Waals surface area contributed by atoms with Crippen molar-refractivity contribution in [1.29, 1.82) is 0 Å². The summed E-state index contributed by atoms with van der Waals surface area (Å²) >= 11 is 5.84. The third-order valence-electron chi connectivity index (χ3n) is 1.86. The molecule has 4 heteroatoms. The Morgan fingerprint density at radius 1 is 1.50 bits per heavy atom. The van der Waals surface area contributed by atoms with E-state index in [-0.39, 0.29) is 0 Å². The van der Waals surface area contributed by atoms with Crippen LogP contribution in [0.4, 0.5) is 11.4 Å². The normalized spacial score (nSPS) is 10.1. The molecule has 0 heterocycles. The van der Waals surface area contributed by atoms with Gasteiger partial charge in [-0.05, 0) is 24.6 Å². The Hall–Kier alpha value is -0.930. The van der Waals surface area contributed by atoms with E-state index < -0.39 is 0 Å². The fraction of sp³-hybridized carbons (Fsp3) is 0.400. The first-order valence-corrected chi connectivity index (χ1v) is 4.89. The molecule has 0 aromatic heterocycles. The standard InChI is InChI=1S/C10H15ClN2O/c1-14-6-2-5-13-10-7-8(11)3-4-9(10)12/h3-4,7,13H,2,5-6,12H2,1H3. The number of ether oxygens (including phenoxy) is 1. The van der Waals surface area contributed by atoms with E-state index in [0.717, 1.165) is 25.3 Å². The molecule has 1 aromatic carbocycles. The molecular formula is C10H15ClN2O. The Balaban J connectivity index is 2.45. The van der Waals surface area contributed by atoms with Gasteiger partial charge in [-0.15, -0.1) is 0 Å². The van der Waals surface area contributed by atoms with E-state index in [1.54, 1.807) is 19.2 Å². The second kappa shape index (κ2) is 5.73. The Morgan fingerprint density at radius 2 is 2.29 bits per heavy atom. The van der Waals surface area contributed by atoms with Crippen LogP contribution < -0.4 is 11.1 Å². The summed E-state index contributed by atoms with van der Waals surface area (Å²) < 4.78 is 4.94. The Bertz CT molecular complexity index is 291. The van der Waals surface area contributed by atoms with Gasteiger partial charge < -0.3 is 15.8 Å². The number of rotatable bonds is 5. The van der Waals surface area contributed by atoms with E-state index >= 15 is 0 Å². The lowest BCUT2D eigenvalue weighted by molar-refractivity contribution is 0.198. The van der Waals surface area contributed by atoms with E-state index in [2.05, 4.69) is 5.32 Å². The second-order valence-electron chi connectivity index (χ2n) is 3.00. The molecule has 78 valence electrons. The quantitative estimate of drug-likeness (QED) is 0.585. The van der Waals surface area contributed by atoms with Gasteiger partial charge in [0.2, 0.25) is 0 Å². The van der Waals surface area contributed by atoms with Crippen molar-refractivity contribution in [3.05, 3.63) is 23.2 Å². The zero-order chi connectivity index (χ0) is 10.4. The molecule has 0 aliphatic rings. The Morgan fingerprint density at radius 3 is 3.00 bits per heavy atom. The number of nitrogens with two attached hydrogens (primary N) is 1. The van der Waals surface area contributed by atoms with E-state index in [4.69, 9.17) is 22.1 Å². The molecule has 0 radical (unpaired) electrons. The topological polar surface area (TPSA) is 47.3 Å². The molecule has 0 aliphatic heterocycles. The van der Waals surface area contributed by atoms with Gasteiger partial charge in [0.15, 0.2) is 0 Å². The van der Waals surface area contributed by atoms with Crippen molar-refractivity contribution in [3.8, 4) is 0 Å². The molecule has 3 N–H and O–H groups in total. The zero-order valence-corrected chi connectivity index (χ0v) is 8.97. The van der Waals surface area contributed by atoms with E-state index in [1.165, 1.54) is 0 Å². The summed E-state index contributed by atoms with van der Waals surface area (Å²) in [5, 5.41) is 3.89. The van der Waals surface area contributed by atoms with Crippen LogP contribution in [0.2, 0.25) is 5.02 Å². The summed E-state index contributed by atoms with van der Waals surface area (Å²) in [5.41, 5.74) is 7.35. The number of benzene rings is 1. The first-order valence-electron chi connectivity index (χ1n) is 4.52. The molecule has 0 saturated carbocycles. The SMILES string of the molecule is COCCCNc1cc(Cl)ccc1N. The summed E-state index contributed by atoms with van der Waals surface area (Å²) in [6.45, 7) is 1.58.